The van der Waals surface area contributed by atoms with E-state index in [2.05, 4.69) is 15.2 Å². The molecule has 2 aromatic rings. The van der Waals surface area contributed by atoms with Crippen molar-refractivity contribution in [1.29, 1.82) is 0 Å². The van der Waals surface area contributed by atoms with E-state index in [1.807, 2.05) is 0 Å². The molecule has 0 saturated carbocycles. The van der Waals surface area contributed by atoms with Crippen molar-refractivity contribution in [3.05, 3.63) is 65.7 Å². The molecule has 3 amide bonds. The number of phosphoric ester groups is 1. The summed E-state index contributed by atoms with van der Waals surface area (Å²) in [7, 11) is -4.67. The normalized spacial score (nSPS) is 14.5. The van der Waals surface area contributed by atoms with Crippen molar-refractivity contribution in [2.45, 2.75) is 31.7 Å². The highest BCUT2D eigenvalue weighted by Gasteiger charge is 2.23. The van der Waals surface area contributed by atoms with Crippen molar-refractivity contribution < 1.29 is 33.3 Å². The van der Waals surface area contributed by atoms with Gasteiger partial charge in [0.25, 0.3) is 5.91 Å². The fourth-order valence-corrected chi connectivity index (χ4v) is 4.04. The molecular weight excluding hydrogens is 461 g/mol. The number of hydrogen-bond acceptors (Lipinski definition) is 5. The number of phosphoric acid groups is 1. The molecule has 1 heterocycles. The Kier molecular flexibility index (Phi) is 8.81. The molecule has 0 unspecified atom stereocenters. The first-order valence-corrected chi connectivity index (χ1v) is 12.5. The summed E-state index contributed by atoms with van der Waals surface area (Å²) in [6.45, 7) is 1.67. The summed E-state index contributed by atoms with van der Waals surface area (Å²) in [5.41, 5.74) is 1.08. The second-order valence-electron chi connectivity index (χ2n) is 7.95. The van der Waals surface area contributed by atoms with Gasteiger partial charge in [-0.3, -0.25) is 24.2 Å². The van der Waals surface area contributed by atoms with Gasteiger partial charge in [0, 0.05) is 38.0 Å². The lowest BCUT2D eigenvalue weighted by Gasteiger charge is -2.20. The minimum absolute atomic E-state index is 0.0112. The fraction of sp³-hybridized carbons (Fsp3) is 0.348. The van der Waals surface area contributed by atoms with Crippen LogP contribution < -0.4 is 15.2 Å². The van der Waals surface area contributed by atoms with Gasteiger partial charge in [0.2, 0.25) is 11.8 Å². The molecule has 0 aliphatic carbocycles. The van der Waals surface area contributed by atoms with Crippen LogP contribution in [-0.2, 0) is 20.6 Å². The van der Waals surface area contributed by atoms with Crippen LogP contribution in [0.15, 0.2) is 54.6 Å². The van der Waals surface area contributed by atoms with Gasteiger partial charge in [0.05, 0.1) is 0 Å². The highest BCUT2D eigenvalue weighted by atomic mass is 31.2. The van der Waals surface area contributed by atoms with Crippen molar-refractivity contribution in [2.75, 3.05) is 19.6 Å². The van der Waals surface area contributed by atoms with E-state index < -0.39 is 19.8 Å². The monoisotopic (exact) mass is 489 g/mol. The van der Waals surface area contributed by atoms with Gasteiger partial charge in [-0.15, -0.1) is 0 Å². The Morgan fingerprint density at radius 3 is 2.41 bits per heavy atom. The third-order valence-electron chi connectivity index (χ3n) is 5.32. The zero-order valence-corrected chi connectivity index (χ0v) is 19.4. The summed E-state index contributed by atoms with van der Waals surface area (Å²) < 4.78 is 15.5. The molecule has 0 aromatic heterocycles. The number of hydrogen-bond donors (Lipinski definition) is 4. The van der Waals surface area contributed by atoms with Gasteiger partial charge in [-0.2, -0.15) is 0 Å². The lowest BCUT2D eigenvalue weighted by molar-refractivity contribution is -0.127. The lowest BCUT2D eigenvalue weighted by Crippen LogP contribution is -2.48. The molecule has 3 rings (SSSR count). The molecule has 1 saturated heterocycles. The maximum Gasteiger partial charge on any atom is 0.524 e. The van der Waals surface area contributed by atoms with Gasteiger partial charge in [-0.05, 0) is 42.7 Å². The number of nitrogens with zero attached hydrogens (tertiary/aromatic N) is 1. The molecule has 1 aliphatic rings. The first kappa shape index (κ1) is 25.4. The van der Waals surface area contributed by atoms with Gasteiger partial charge in [-0.25, -0.2) is 4.57 Å². The summed E-state index contributed by atoms with van der Waals surface area (Å²) in [5, 5.41) is 5.57. The van der Waals surface area contributed by atoms with Gasteiger partial charge < -0.3 is 20.1 Å². The Hall–Kier alpha value is -3.20. The molecule has 34 heavy (non-hydrogen) atoms. The van der Waals surface area contributed by atoms with E-state index in [0.717, 1.165) is 13.0 Å². The van der Waals surface area contributed by atoms with Crippen LogP contribution in [0.2, 0.25) is 0 Å². The summed E-state index contributed by atoms with van der Waals surface area (Å²) >= 11 is 0. The van der Waals surface area contributed by atoms with Gasteiger partial charge in [0.1, 0.15) is 11.8 Å². The van der Waals surface area contributed by atoms with E-state index in [9.17, 15) is 18.9 Å². The Balaban J connectivity index is 1.62. The van der Waals surface area contributed by atoms with E-state index >= 15 is 0 Å². The van der Waals surface area contributed by atoms with E-state index in [1.54, 1.807) is 47.4 Å². The SMILES string of the molecule is O=C(N[C@@H](Cc1ccc(OP(=O)(O)O)cc1)C(=O)NCCCN1CCCC1=O)c1ccccc1. The van der Waals surface area contributed by atoms with Crippen LogP contribution in [0.4, 0.5) is 0 Å². The Labute approximate surface area is 197 Å². The summed E-state index contributed by atoms with van der Waals surface area (Å²) in [4.78, 5) is 56.9. The predicted molar refractivity (Wildman–Crippen MR) is 124 cm³/mol. The summed E-state index contributed by atoms with van der Waals surface area (Å²) in [5.74, 6) is -0.647. The molecule has 10 nitrogen and oxygen atoms in total. The molecule has 2 aromatic carbocycles. The number of rotatable bonds is 11. The number of nitrogens with one attached hydrogen (secondary N) is 2. The number of carbonyl (C=O) groups is 3. The number of likely N-dealkylation sites (tertiary alicyclic amines) is 1. The molecule has 1 fully saturated rings. The molecule has 1 aliphatic heterocycles. The number of carbonyl (C=O) groups excluding carboxylic acids is 3. The lowest BCUT2D eigenvalue weighted by atomic mass is 10.0. The van der Waals surface area contributed by atoms with E-state index in [4.69, 9.17) is 9.79 Å². The standard InChI is InChI=1S/C23H28N3O7P/c27-21-8-4-14-26(21)15-5-13-24-23(29)20(25-22(28)18-6-2-1-3-7-18)16-17-9-11-19(12-10-17)33-34(30,31)32/h1-3,6-7,9-12,20H,4-5,8,13-16H2,(H,24,29)(H,25,28)(H2,30,31,32)/t20-/m0/s1. The smallest absolute Gasteiger partial charge is 0.404 e. The second-order valence-corrected chi connectivity index (χ2v) is 9.11. The molecule has 11 heteroatoms. The van der Waals surface area contributed by atoms with Crippen LogP contribution in [0, 0.1) is 0 Å². The Morgan fingerprint density at radius 2 is 1.79 bits per heavy atom. The van der Waals surface area contributed by atoms with Crippen LogP contribution in [0.25, 0.3) is 0 Å². The zero-order valence-electron chi connectivity index (χ0n) is 18.6. The summed E-state index contributed by atoms with van der Waals surface area (Å²) in [6, 6.07) is 13.6. The Morgan fingerprint density at radius 1 is 1.09 bits per heavy atom. The topological polar surface area (TPSA) is 145 Å². The first-order chi connectivity index (χ1) is 16.2. The minimum atomic E-state index is -4.67. The van der Waals surface area contributed by atoms with Gasteiger partial charge >= 0.3 is 7.82 Å². The highest BCUT2D eigenvalue weighted by Crippen LogP contribution is 2.37. The van der Waals surface area contributed by atoms with Crippen molar-refractivity contribution >= 4 is 25.5 Å². The molecule has 1 atom stereocenters. The third kappa shape index (κ3) is 7.98. The number of amides is 3. The molecule has 0 spiro atoms. The zero-order chi connectivity index (χ0) is 24.6. The highest BCUT2D eigenvalue weighted by molar-refractivity contribution is 7.46. The van der Waals surface area contributed by atoms with Gasteiger partial charge in [-0.1, -0.05) is 30.3 Å². The van der Waals surface area contributed by atoms with Crippen molar-refractivity contribution in [3.63, 3.8) is 0 Å². The quantitative estimate of drug-likeness (QED) is 0.277. The first-order valence-electron chi connectivity index (χ1n) is 11.0. The minimum Gasteiger partial charge on any atom is -0.404 e. The third-order valence-corrected chi connectivity index (χ3v) is 5.77. The van der Waals surface area contributed by atoms with Crippen LogP contribution >= 0.6 is 7.82 Å². The molecule has 4 N–H and O–H groups in total. The average molecular weight is 489 g/mol. The van der Waals surface area contributed by atoms with Crippen LogP contribution in [0.3, 0.4) is 0 Å². The van der Waals surface area contributed by atoms with Crippen molar-refractivity contribution in [3.8, 4) is 5.75 Å². The second kappa shape index (κ2) is 11.8. The van der Waals surface area contributed by atoms with E-state index in [-0.39, 0.29) is 24.0 Å². The average Bonchev–Trinajstić information content (AvgIpc) is 3.21. The van der Waals surface area contributed by atoms with Crippen molar-refractivity contribution in [1.82, 2.24) is 15.5 Å². The van der Waals surface area contributed by atoms with E-state index in [1.165, 1.54) is 12.1 Å². The molecule has 0 radical (unpaired) electrons. The van der Waals surface area contributed by atoms with Crippen LogP contribution in [0.1, 0.15) is 35.2 Å². The van der Waals surface area contributed by atoms with Crippen LogP contribution in [-0.4, -0.2) is 58.1 Å². The van der Waals surface area contributed by atoms with Gasteiger partial charge in [0.15, 0.2) is 0 Å². The maximum absolute atomic E-state index is 12.9. The van der Waals surface area contributed by atoms with Crippen molar-refractivity contribution in [2.24, 2.45) is 0 Å². The van der Waals surface area contributed by atoms with Crippen LogP contribution in [0.5, 0.6) is 5.75 Å². The molecule has 182 valence electrons. The molecule has 0 bridgehead atoms. The molecular formula is C23H28N3O7P. The van der Waals surface area contributed by atoms with E-state index in [0.29, 0.717) is 37.1 Å². The summed E-state index contributed by atoms with van der Waals surface area (Å²) in [6.07, 6.45) is 2.19. The number of benzene rings is 2. The Bertz CT molecular complexity index is 1040. The predicted octanol–water partition coefficient (Wildman–Crippen LogP) is 1.63. The fourth-order valence-electron chi connectivity index (χ4n) is 3.64. The largest absolute Gasteiger partial charge is 0.524 e. The maximum atomic E-state index is 12.9.